The summed E-state index contributed by atoms with van der Waals surface area (Å²) in [4.78, 5) is 12.2. The number of Topliss-reactive ketones (excluding diaryl/α,β-unsaturated/α-hetero) is 1. The predicted octanol–water partition coefficient (Wildman–Crippen LogP) is 3.44. The second-order valence-corrected chi connectivity index (χ2v) is 6.05. The Labute approximate surface area is 113 Å². The molecule has 96 valence electrons. The van der Waals surface area contributed by atoms with Gasteiger partial charge in [0.25, 0.3) is 0 Å². The fraction of sp³-hybridized carbons (Fsp3) is 0.533. The molecular formula is C15H18ClNO. The lowest BCUT2D eigenvalue weighted by Gasteiger charge is -2.28. The molecule has 2 aliphatic rings. The van der Waals surface area contributed by atoms with Gasteiger partial charge in [0.15, 0.2) is 5.78 Å². The summed E-state index contributed by atoms with van der Waals surface area (Å²) in [6.45, 7) is 0. The number of piperidine rings is 1. The van der Waals surface area contributed by atoms with Crippen LogP contribution in [0.25, 0.3) is 0 Å². The Hall–Kier alpha value is -0.860. The summed E-state index contributed by atoms with van der Waals surface area (Å²) in [5.41, 5.74) is 0.797. The van der Waals surface area contributed by atoms with E-state index in [2.05, 4.69) is 5.32 Å². The average molecular weight is 264 g/mol. The van der Waals surface area contributed by atoms with Crippen molar-refractivity contribution in [2.75, 3.05) is 0 Å². The van der Waals surface area contributed by atoms with Crippen LogP contribution in [0.1, 0.15) is 42.5 Å². The highest BCUT2D eigenvalue weighted by Gasteiger charge is 2.34. The van der Waals surface area contributed by atoms with E-state index in [0.717, 1.165) is 18.4 Å². The molecule has 0 aromatic heterocycles. The third kappa shape index (κ3) is 2.60. The smallest absolute Gasteiger partial charge is 0.163 e. The van der Waals surface area contributed by atoms with Gasteiger partial charge >= 0.3 is 0 Å². The van der Waals surface area contributed by atoms with Crippen molar-refractivity contribution in [1.82, 2.24) is 5.32 Å². The molecule has 3 heteroatoms. The number of hydrogen-bond donors (Lipinski definition) is 1. The number of carbonyl (C=O) groups is 1. The van der Waals surface area contributed by atoms with Gasteiger partial charge in [0.05, 0.1) is 0 Å². The molecule has 2 unspecified atom stereocenters. The zero-order valence-corrected chi connectivity index (χ0v) is 11.1. The molecule has 0 radical (unpaired) electrons. The van der Waals surface area contributed by atoms with Crippen LogP contribution in [-0.4, -0.2) is 17.9 Å². The number of nitrogens with one attached hydrogen (secondary N) is 1. The molecule has 2 bridgehead atoms. The molecule has 0 aliphatic carbocycles. The lowest BCUT2D eigenvalue weighted by molar-refractivity contribution is 0.0945. The third-order valence-electron chi connectivity index (χ3n) is 4.21. The first kappa shape index (κ1) is 12.2. The first-order valence-electron chi connectivity index (χ1n) is 6.75. The van der Waals surface area contributed by atoms with E-state index >= 15 is 0 Å². The fourth-order valence-corrected chi connectivity index (χ4v) is 3.48. The Morgan fingerprint density at radius 2 is 1.78 bits per heavy atom. The third-order valence-corrected chi connectivity index (χ3v) is 4.46. The molecule has 0 amide bonds. The number of rotatable bonds is 3. The molecule has 2 atom stereocenters. The van der Waals surface area contributed by atoms with Crippen molar-refractivity contribution in [3.8, 4) is 0 Å². The highest BCUT2D eigenvalue weighted by molar-refractivity contribution is 6.30. The van der Waals surface area contributed by atoms with Gasteiger partial charge in [-0.25, -0.2) is 0 Å². The van der Waals surface area contributed by atoms with E-state index in [1.165, 1.54) is 12.8 Å². The van der Waals surface area contributed by atoms with Crippen LogP contribution in [0.15, 0.2) is 24.3 Å². The van der Waals surface area contributed by atoms with Crippen molar-refractivity contribution >= 4 is 17.4 Å². The van der Waals surface area contributed by atoms with Gasteiger partial charge in [-0.05, 0) is 55.9 Å². The van der Waals surface area contributed by atoms with E-state index in [9.17, 15) is 4.79 Å². The zero-order chi connectivity index (χ0) is 12.5. The van der Waals surface area contributed by atoms with E-state index in [1.54, 1.807) is 12.1 Å². The average Bonchev–Trinajstić information content (AvgIpc) is 2.69. The maximum Gasteiger partial charge on any atom is 0.163 e. The van der Waals surface area contributed by atoms with Gasteiger partial charge in [0, 0.05) is 29.1 Å². The van der Waals surface area contributed by atoms with Crippen LogP contribution in [-0.2, 0) is 0 Å². The van der Waals surface area contributed by atoms with Gasteiger partial charge in [0.1, 0.15) is 0 Å². The molecule has 1 aromatic carbocycles. The maximum atomic E-state index is 12.2. The Kier molecular flexibility index (Phi) is 3.40. The molecule has 2 heterocycles. The molecule has 0 saturated carbocycles. The minimum absolute atomic E-state index is 0.262. The van der Waals surface area contributed by atoms with Crippen LogP contribution < -0.4 is 5.32 Å². The fourth-order valence-electron chi connectivity index (χ4n) is 3.36. The molecule has 2 nitrogen and oxygen atoms in total. The normalized spacial score (nSPS) is 30.4. The summed E-state index contributed by atoms with van der Waals surface area (Å²) in [6.07, 6.45) is 5.59. The highest BCUT2D eigenvalue weighted by Crippen LogP contribution is 2.33. The van der Waals surface area contributed by atoms with Crippen LogP contribution in [0.2, 0.25) is 5.02 Å². The second kappa shape index (κ2) is 5.02. The van der Waals surface area contributed by atoms with Crippen LogP contribution in [0.4, 0.5) is 0 Å². The Bertz CT molecular complexity index is 430. The quantitative estimate of drug-likeness (QED) is 0.847. The number of halogens is 1. The topological polar surface area (TPSA) is 29.1 Å². The summed E-state index contributed by atoms with van der Waals surface area (Å²) in [7, 11) is 0. The summed E-state index contributed by atoms with van der Waals surface area (Å²) in [5.74, 6) is 0.824. The van der Waals surface area contributed by atoms with Gasteiger partial charge in [-0.15, -0.1) is 0 Å². The monoisotopic (exact) mass is 263 g/mol. The van der Waals surface area contributed by atoms with Crippen molar-refractivity contribution in [1.29, 1.82) is 0 Å². The van der Waals surface area contributed by atoms with E-state index in [-0.39, 0.29) is 5.78 Å². The van der Waals surface area contributed by atoms with E-state index < -0.39 is 0 Å². The van der Waals surface area contributed by atoms with E-state index in [4.69, 9.17) is 11.6 Å². The van der Waals surface area contributed by atoms with Crippen LogP contribution >= 0.6 is 11.6 Å². The van der Waals surface area contributed by atoms with Crippen molar-refractivity contribution < 1.29 is 4.79 Å². The summed E-state index contributed by atoms with van der Waals surface area (Å²) < 4.78 is 0. The van der Waals surface area contributed by atoms with Crippen molar-refractivity contribution in [2.45, 2.75) is 44.2 Å². The van der Waals surface area contributed by atoms with Crippen LogP contribution in [0.3, 0.4) is 0 Å². The molecule has 18 heavy (non-hydrogen) atoms. The standard InChI is InChI=1S/C15H18ClNO/c16-12-3-1-11(2-4-12)15(18)9-10-7-13-5-6-14(8-10)17-13/h1-4,10,13-14,17H,5-9H2. The van der Waals surface area contributed by atoms with Gasteiger partial charge in [-0.3, -0.25) is 4.79 Å². The van der Waals surface area contributed by atoms with E-state index in [0.29, 0.717) is 29.4 Å². The number of carbonyl (C=O) groups excluding carboxylic acids is 1. The molecule has 2 aliphatic heterocycles. The SMILES string of the molecule is O=C(CC1CC2CCC(C1)N2)c1ccc(Cl)cc1. The lowest BCUT2D eigenvalue weighted by Crippen LogP contribution is -2.38. The van der Waals surface area contributed by atoms with Gasteiger partial charge < -0.3 is 5.32 Å². The number of hydrogen-bond acceptors (Lipinski definition) is 2. The molecule has 0 spiro atoms. The minimum Gasteiger partial charge on any atom is -0.311 e. The summed E-state index contributed by atoms with van der Waals surface area (Å²) in [6, 6.07) is 8.57. The molecule has 2 saturated heterocycles. The summed E-state index contributed by atoms with van der Waals surface area (Å²) >= 11 is 5.84. The predicted molar refractivity (Wildman–Crippen MR) is 73.1 cm³/mol. The molecule has 2 fully saturated rings. The molecular weight excluding hydrogens is 246 g/mol. The maximum absolute atomic E-state index is 12.2. The number of fused-ring (bicyclic) bond motifs is 2. The first-order valence-corrected chi connectivity index (χ1v) is 7.13. The Morgan fingerprint density at radius 1 is 1.17 bits per heavy atom. The molecule has 3 rings (SSSR count). The highest BCUT2D eigenvalue weighted by atomic mass is 35.5. The van der Waals surface area contributed by atoms with Crippen molar-refractivity contribution in [3.63, 3.8) is 0 Å². The largest absolute Gasteiger partial charge is 0.311 e. The van der Waals surface area contributed by atoms with Gasteiger partial charge in [-0.1, -0.05) is 11.6 Å². The van der Waals surface area contributed by atoms with Gasteiger partial charge in [-0.2, -0.15) is 0 Å². The van der Waals surface area contributed by atoms with Gasteiger partial charge in [0.2, 0.25) is 0 Å². The minimum atomic E-state index is 0.262. The molecule has 1 aromatic rings. The lowest BCUT2D eigenvalue weighted by atomic mass is 9.87. The Balaban J connectivity index is 1.62. The first-order chi connectivity index (χ1) is 8.70. The zero-order valence-electron chi connectivity index (χ0n) is 10.4. The number of benzene rings is 1. The molecule has 1 N–H and O–H groups in total. The number of ketones is 1. The van der Waals surface area contributed by atoms with Crippen molar-refractivity contribution in [3.05, 3.63) is 34.9 Å². The second-order valence-electron chi connectivity index (χ2n) is 5.61. The van der Waals surface area contributed by atoms with Crippen LogP contribution in [0, 0.1) is 5.92 Å². The Morgan fingerprint density at radius 3 is 2.39 bits per heavy atom. The van der Waals surface area contributed by atoms with E-state index in [1.807, 2.05) is 12.1 Å². The van der Waals surface area contributed by atoms with Crippen molar-refractivity contribution in [2.24, 2.45) is 5.92 Å². The van der Waals surface area contributed by atoms with Crippen LogP contribution in [0.5, 0.6) is 0 Å². The summed E-state index contributed by atoms with van der Waals surface area (Å²) in [5, 5.41) is 4.30.